The van der Waals surface area contributed by atoms with Gasteiger partial charge in [0.2, 0.25) is 0 Å². The maximum atomic E-state index is 15.3. The van der Waals surface area contributed by atoms with Gasteiger partial charge in [0.15, 0.2) is 5.69 Å². The molecule has 0 radical (unpaired) electrons. The highest BCUT2D eigenvalue weighted by Crippen LogP contribution is 2.42. The van der Waals surface area contributed by atoms with Crippen molar-refractivity contribution >= 4 is 38.9 Å². The summed E-state index contributed by atoms with van der Waals surface area (Å²) in [7, 11) is 0. The van der Waals surface area contributed by atoms with E-state index in [0.29, 0.717) is 90.2 Å². The number of carbonyl (C=O) groups excluding carboxylic acids is 1. The summed E-state index contributed by atoms with van der Waals surface area (Å²) in [5, 5.41) is 25.2. The third-order valence-corrected chi connectivity index (χ3v) is 11.2. The molecule has 3 aliphatic heterocycles. The molecule has 0 bridgehead atoms. The van der Waals surface area contributed by atoms with Gasteiger partial charge in [-0.1, -0.05) is 13.0 Å². The van der Waals surface area contributed by atoms with Gasteiger partial charge in [-0.3, -0.25) is 14.4 Å². The van der Waals surface area contributed by atoms with Crippen LogP contribution in [-0.2, 0) is 19.5 Å². The number of phenols is 1. The molecular weight excluding hydrogens is 680 g/mol. The molecule has 2 atom stereocenters. The number of nitrogens with one attached hydrogen (secondary N) is 1. The number of anilines is 1. The van der Waals surface area contributed by atoms with Gasteiger partial charge in [-0.15, -0.1) is 0 Å². The van der Waals surface area contributed by atoms with Crippen LogP contribution >= 0.6 is 0 Å². The zero-order valence-electron chi connectivity index (χ0n) is 29.8. The minimum atomic E-state index is -0.897. The van der Waals surface area contributed by atoms with Crippen LogP contribution in [0.5, 0.6) is 11.8 Å². The lowest BCUT2D eigenvalue weighted by Gasteiger charge is -2.31. The van der Waals surface area contributed by atoms with Gasteiger partial charge in [0.05, 0.1) is 46.1 Å². The molecule has 14 heteroatoms. The van der Waals surface area contributed by atoms with E-state index in [9.17, 15) is 14.3 Å². The van der Waals surface area contributed by atoms with E-state index >= 15 is 4.39 Å². The molecule has 9 rings (SSSR count). The first kappa shape index (κ1) is 33.5. The van der Waals surface area contributed by atoms with Crippen molar-refractivity contribution in [3.63, 3.8) is 0 Å². The summed E-state index contributed by atoms with van der Waals surface area (Å²) in [6.07, 6.45) is 4.25. The standard InChI is InChI=1S/C39H41F2N9O3/c1-3-27-29(41)8-7-23-15-26(51)17-28(34(23)27)33-18-30-35(32-9-11-43-50(32)33)36(45-38(44-30)53-22-39-10-5-13-48(39)20-24(40)19-39)47-12-6-14-49-25(21-47)16-31(46-49)37(52)42-4-2/h7-9,11,15-18,24,51H,3-6,10,12-14,19-22H2,1-2H3,(H,42,52)/t24-,39+/m1/s1. The first-order chi connectivity index (χ1) is 25.7. The lowest BCUT2D eigenvalue weighted by molar-refractivity contribution is 0.0950. The van der Waals surface area contributed by atoms with Crippen molar-refractivity contribution in [1.29, 1.82) is 0 Å². The Morgan fingerprint density at radius 1 is 1.08 bits per heavy atom. The van der Waals surface area contributed by atoms with Gasteiger partial charge in [-0.2, -0.15) is 20.2 Å². The number of carbonyl (C=O) groups is 1. The zero-order chi connectivity index (χ0) is 36.4. The number of aryl methyl sites for hydroxylation is 2. The Morgan fingerprint density at radius 3 is 2.81 bits per heavy atom. The number of hydrogen-bond acceptors (Lipinski definition) is 9. The van der Waals surface area contributed by atoms with Crippen LogP contribution in [0.1, 0.15) is 61.3 Å². The second-order valence-electron chi connectivity index (χ2n) is 14.5. The minimum absolute atomic E-state index is 0.0465. The molecule has 12 nitrogen and oxygen atoms in total. The largest absolute Gasteiger partial charge is 0.508 e. The number of phenolic OH excluding ortho intramolecular Hbond substituents is 1. The average molecular weight is 722 g/mol. The van der Waals surface area contributed by atoms with E-state index in [1.165, 1.54) is 6.07 Å². The van der Waals surface area contributed by atoms with Crippen LogP contribution in [0.3, 0.4) is 0 Å². The molecule has 0 saturated carbocycles. The molecule has 1 amide bonds. The van der Waals surface area contributed by atoms with Crippen molar-refractivity contribution in [2.45, 2.75) is 70.8 Å². The molecule has 7 heterocycles. The maximum Gasteiger partial charge on any atom is 0.319 e. The van der Waals surface area contributed by atoms with Crippen LogP contribution in [0.15, 0.2) is 48.7 Å². The highest BCUT2D eigenvalue weighted by Gasteiger charge is 2.49. The summed E-state index contributed by atoms with van der Waals surface area (Å²) < 4.78 is 40.2. The number of fused-ring (bicyclic) bond motifs is 6. The molecule has 6 aromatic rings. The number of alkyl halides is 1. The summed E-state index contributed by atoms with van der Waals surface area (Å²) in [4.78, 5) is 27.1. The number of benzene rings is 2. The maximum absolute atomic E-state index is 15.3. The van der Waals surface area contributed by atoms with Gasteiger partial charge in [-0.05, 0) is 91.9 Å². The summed E-state index contributed by atoms with van der Waals surface area (Å²) in [6.45, 7) is 7.51. The normalized spacial score (nSPS) is 20.3. The van der Waals surface area contributed by atoms with E-state index in [0.717, 1.165) is 42.4 Å². The molecule has 2 saturated heterocycles. The van der Waals surface area contributed by atoms with E-state index in [4.69, 9.17) is 19.8 Å². The number of aromatic hydroxyl groups is 1. The van der Waals surface area contributed by atoms with Gasteiger partial charge in [-0.25, -0.2) is 13.3 Å². The zero-order valence-corrected chi connectivity index (χ0v) is 29.8. The van der Waals surface area contributed by atoms with Gasteiger partial charge >= 0.3 is 6.01 Å². The third-order valence-electron chi connectivity index (χ3n) is 11.2. The molecule has 3 aliphatic rings. The fourth-order valence-electron chi connectivity index (χ4n) is 8.86. The number of halogens is 2. The molecule has 0 unspecified atom stereocenters. The molecule has 2 N–H and O–H groups in total. The average Bonchev–Trinajstić information content (AvgIpc) is 3.91. The monoisotopic (exact) mass is 721 g/mol. The van der Waals surface area contributed by atoms with Crippen LogP contribution in [-0.4, -0.2) is 89.8 Å². The molecule has 53 heavy (non-hydrogen) atoms. The van der Waals surface area contributed by atoms with Crippen molar-refractivity contribution in [3.05, 3.63) is 71.4 Å². The van der Waals surface area contributed by atoms with Crippen molar-refractivity contribution < 1.29 is 23.4 Å². The second kappa shape index (κ2) is 12.9. The summed E-state index contributed by atoms with van der Waals surface area (Å²) in [5.41, 5.74) is 3.93. The predicted molar refractivity (Wildman–Crippen MR) is 197 cm³/mol. The molecule has 0 aliphatic carbocycles. The van der Waals surface area contributed by atoms with E-state index in [1.54, 1.807) is 28.9 Å². The predicted octanol–water partition coefficient (Wildman–Crippen LogP) is 5.82. The second-order valence-corrected chi connectivity index (χ2v) is 14.5. The Hall–Kier alpha value is -5.37. The molecule has 2 aromatic carbocycles. The highest BCUT2D eigenvalue weighted by atomic mass is 19.1. The van der Waals surface area contributed by atoms with Crippen LogP contribution in [0, 0.1) is 5.82 Å². The fourth-order valence-corrected chi connectivity index (χ4v) is 8.86. The van der Waals surface area contributed by atoms with Crippen LogP contribution in [0.25, 0.3) is 38.4 Å². The number of pyridine rings is 1. The van der Waals surface area contributed by atoms with E-state index in [-0.39, 0.29) is 30.1 Å². The fraction of sp³-hybridized carbons (Fsp3) is 0.410. The Bertz CT molecular complexity index is 2410. The Labute approximate surface area is 304 Å². The Morgan fingerprint density at radius 2 is 1.96 bits per heavy atom. The van der Waals surface area contributed by atoms with E-state index in [2.05, 4.69) is 20.2 Å². The lowest BCUT2D eigenvalue weighted by Crippen LogP contribution is -2.43. The molecule has 4 aromatic heterocycles. The molecule has 2 fully saturated rings. The number of amides is 1. The quantitative estimate of drug-likeness (QED) is 0.200. The Balaban J connectivity index is 1.22. The lowest BCUT2D eigenvalue weighted by atomic mass is 9.94. The topological polar surface area (TPSA) is 126 Å². The number of aromatic nitrogens is 6. The smallest absolute Gasteiger partial charge is 0.319 e. The number of ether oxygens (including phenoxy) is 1. The number of nitrogens with zero attached hydrogens (tertiary/aromatic N) is 8. The summed E-state index contributed by atoms with van der Waals surface area (Å²) >= 11 is 0. The van der Waals surface area contributed by atoms with Crippen molar-refractivity contribution in [1.82, 2.24) is 39.6 Å². The van der Waals surface area contributed by atoms with Gasteiger partial charge in [0, 0.05) is 38.2 Å². The Kier molecular flexibility index (Phi) is 8.17. The first-order valence-corrected chi connectivity index (χ1v) is 18.5. The van der Waals surface area contributed by atoms with Crippen LogP contribution < -0.4 is 15.0 Å². The highest BCUT2D eigenvalue weighted by molar-refractivity contribution is 6.06. The number of hydrogen-bond donors (Lipinski definition) is 2. The van der Waals surface area contributed by atoms with Crippen molar-refractivity contribution in [2.75, 3.05) is 37.7 Å². The van der Waals surface area contributed by atoms with Gasteiger partial charge < -0.3 is 20.1 Å². The summed E-state index contributed by atoms with van der Waals surface area (Å²) in [5.74, 6) is 0.144. The van der Waals surface area contributed by atoms with Crippen molar-refractivity contribution in [3.8, 4) is 23.0 Å². The molecule has 0 spiro atoms. The van der Waals surface area contributed by atoms with E-state index in [1.807, 2.05) is 36.7 Å². The third kappa shape index (κ3) is 5.61. The SMILES string of the molecule is CCNC(=O)c1cc2n(n1)CCCN(c1nc(OC[C@@]34CCCN3C[C@H](F)C4)nc3cc(-c4cc(O)cc5ccc(F)c(CC)c45)n4nccc4c13)C2. The molecular formula is C39H41F2N9O3. The van der Waals surface area contributed by atoms with Gasteiger partial charge in [0.1, 0.15) is 30.2 Å². The minimum Gasteiger partial charge on any atom is -0.508 e. The first-order valence-electron chi connectivity index (χ1n) is 18.5. The molecule has 274 valence electrons. The number of rotatable bonds is 8. The van der Waals surface area contributed by atoms with Crippen LogP contribution in [0.4, 0.5) is 14.6 Å². The van der Waals surface area contributed by atoms with Crippen LogP contribution in [0.2, 0.25) is 0 Å². The summed E-state index contributed by atoms with van der Waals surface area (Å²) in [6, 6.07) is 12.2. The van der Waals surface area contributed by atoms with E-state index < -0.39 is 11.7 Å². The van der Waals surface area contributed by atoms with Crippen molar-refractivity contribution in [2.24, 2.45) is 0 Å². The van der Waals surface area contributed by atoms with Gasteiger partial charge in [0.25, 0.3) is 5.91 Å².